The lowest BCUT2D eigenvalue weighted by molar-refractivity contribution is -0.145. The van der Waals surface area contributed by atoms with E-state index in [1.54, 1.807) is 0 Å². The first-order valence-electron chi connectivity index (χ1n) is 9.03. The highest BCUT2D eigenvalue weighted by Crippen LogP contribution is 2.49. The molecule has 3 rings (SSSR count). The third-order valence-corrected chi connectivity index (χ3v) is 5.31. The third kappa shape index (κ3) is 3.35. The van der Waals surface area contributed by atoms with E-state index in [1.165, 1.54) is 11.1 Å². The molecule has 0 saturated heterocycles. The molecule has 1 unspecified atom stereocenters. The van der Waals surface area contributed by atoms with Crippen LogP contribution in [0, 0.1) is 11.3 Å². The van der Waals surface area contributed by atoms with Gasteiger partial charge in [-0.3, -0.25) is 4.79 Å². The summed E-state index contributed by atoms with van der Waals surface area (Å²) in [5.41, 5.74) is 4.03. The second-order valence-corrected chi connectivity index (χ2v) is 7.91. The summed E-state index contributed by atoms with van der Waals surface area (Å²) in [4.78, 5) is 11.9. The number of benzene rings is 1. The molecule has 24 heavy (non-hydrogen) atoms. The van der Waals surface area contributed by atoms with E-state index in [-0.39, 0.29) is 18.5 Å². The van der Waals surface area contributed by atoms with E-state index in [9.17, 15) is 4.79 Å². The topological polar surface area (TPSA) is 35.5 Å². The smallest absolute Gasteiger partial charge is 0.309 e. The van der Waals surface area contributed by atoms with Gasteiger partial charge in [-0.2, -0.15) is 0 Å². The first kappa shape index (κ1) is 17.1. The Labute approximate surface area is 145 Å². The third-order valence-electron chi connectivity index (χ3n) is 5.31. The Morgan fingerprint density at radius 3 is 2.75 bits per heavy atom. The first-order chi connectivity index (χ1) is 11.4. The van der Waals surface area contributed by atoms with Gasteiger partial charge in [-0.15, -0.1) is 0 Å². The molecular formula is C21H28O3. The number of ether oxygens (including phenoxy) is 2. The second-order valence-electron chi connectivity index (χ2n) is 7.91. The fourth-order valence-electron chi connectivity index (χ4n) is 3.86. The van der Waals surface area contributed by atoms with Gasteiger partial charge < -0.3 is 9.47 Å². The SMILES string of the molecule is CCOC(=O)C[C@@H]1OC2=C(CC(C(C)(C)C)CC2)c2ccccc21. The van der Waals surface area contributed by atoms with Gasteiger partial charge in [0.2, 0.25) is 0 Å². The molecule has 3 heteroatoms. The first-order valence-corrected chi connectivity index (χ1v) is 9.03. The molecule has 0 fully saturated rings. The van der Waals surface area contributed by atoms with Gasteiger partial charge in [-0.25, -0.2) is 0 Å². The highest BCUT2D eigenvalue weighted by Gasteiger charge is 2.36. The van der Waals surface area contributed by atoms with Crippen molar-refractivity contribution in [3.8, 4) is 0 Å². The molecule has 0 radical (unpaired) electrons. The molecule has 0 bridgehead atoms. The standard InChI is InChI=1S/C21H28O3/c1-5-23-20(22)13-19-16-9-7-6-8-15(16)17-12-14(21(2,3)4)10-11-18(17)24-19/h6-9,14,19H,5,10-13H2,1-4H3/t14?,19-/m0/s1. The van der Waals surface area contributed by atoms with Gasteiger partial charge in [0.25, 0.3) is 0 Å². The summed E-state index contributed by atoms with van der Waals surface area (Å²) in [6.45, 7) is 9.21. The van der Waals surface area contributed by atoms with E-state index >= 15 is 0 Å². The van der Waals surface area contributed by atoms with E-state index in [0.717, 1.165) is 30.6 Å². The molecule has 1 aromatic carbocycles. The van der Waals surface area contributed by atoms with E-state index in [2.05, 4.69) is 39.0 Å². The molecule has 0 spiro atoms. The number of rotatable bonds is 3. The molecule has 2 aliphatic rings. The Morgan fingerprint density at radius 1 is 1.29 bits per heavy atom. The van der Waals surface area contributed by atoms with Crippen molar-refractivity contribution in [2.75, 3.05) is 6.61 Å². The van der Waals surface area contributed by atoms with Crippen molar-refractivity contribution in [3.05, 3.63) is 41.2 Å². The van der Waals surface area contributed by atoms with Crippen molar-refractivity contribution < 1.29 is 14.3 Å². The van der Waals surface area contributed by atoms with Crippen LogP contribution in [0.2, 0.25) is 0 Å². The number of allylic oxidation sites excluding steroid dienone is 2. The van der Waals surface area contributed by atoms with Crippen molar-refractivity contribution in [1.29, 1.82) is 0 Å². The Balaban J connectivity index is 1.90. The molecule has 1 heterocycles. The van der Waals surface area contributed by atoms with Crippen LogP contribution in [0.3, 0.4) is 0 Å². The average Bonchev–Trinajstić information content (AvgIpc) is 2.54. The Morgan fingerprint density at radius 2 is 2.04 bits per heavy atom. The van der Waals surface area contributed by atoms with Gasteiger partial charge >= 0.3 is 5.97 Å². The Bertz CT molecular complexity index is 651. The molecule has 0 aromatic heterocycles. The molecule has 2 atom stereocenters. The minimum atomic E-state index is -0.217. The van der Waals surface area contributed by atoms with Gasteiger partial charge in [-0.05, 0) is 42.2 Å². The predicted molar refractivity (Wildman–Crippen MR) is 95.2 cm³/mol. The van der Waals surface area contributed by atoms with Crippen LogP contribution in [-0.4, -0.2) is 12.6 Å². The zero-order valence-electron chi connectivity index (χ0n) is 15.2. The summed E-state index contributed by atoms with van der Waals surface area (Å²) in [6.07, 6.45) is 3.23. The van der Waals surface area contributed by atoms with Crippen LogP contribution in [0.15, 0.2) is 30.0 Å². The number of fused-ring (bicyclic) bond motifs is 2. The largest absolute Gasteiger partial charge is 0.489 e. The van der Waals surface area contributed by atoms with Crippen LogP contribution >= 0.6 is 0 Å². The van der Waals surface area contributed by atoms with E-state index < -0.39 is 0 Å². The number of carbonyl (C=O) groups excluding carboxylic acids is 1. The summed E-state index contributed by atoms with van der Waals surface area (Å²) in [7, 11) is 0. The van der Waals surface area contributed by atoms with Crippen molar-refractivity contribution in [2.24, 2.45) is 11.3 Å². The monoisotopic (exact) mass is 328 g/mol. The van der Waals surface area contributed by atoms with E-state index in [0.29, 0.717) is 17.9 Å². The molecular weight excluding hydrogens is 300 g/mol. The van der Waals surface area contributed by atoms with Crippen molar-refractivity contribution in [1.82, 2.24) is 0 Å². The summed E-state index contributed by atoms with van der Waals surface area (Å²) in [5, 5.41) is 0. The number of carbonyl (C=O) groups is 1. The average molecular weight is 328 g/mol. The summed E-state index contributed by atoms with van der Waals surface area (Å²) in [6, 6.07) is 8.37. The van der Waals surface area contributed by atoms with Gasteiger partial charge in [0, 0.05) is 12.0 Å². The number of esters is 1. The van der Waals surface area contributed by atoms with Gasteiger partial charge in [0.1, 0.15) is 11.9 Å². The van der Waals surface area contributed by atoms with Crippen LogP contribution in [0.1, 0.15) is 70.6 Å². The minimum absolute atomic E-state index is 0.190. The molecule has 130 valence electrons. The molecule has 0 saturated carbocycles. The maximum absolute atomic E-state index is 11.9. The molecule has 1 aromatic rings. The van der Waals surface area contributed by atoms with Crippen molar-refractivity contribution in [3.63, 3.8) is 0 Å². The van der Waals surface area contributed by atoms with Gasteiger partial charge in [-0.1, -0.05) is 45.0 Å². The summed E-state index contributed by atoms with van der Waals surface area (Å²) in [5.74, 6) is 1.56. The zero-order chi connectivity index (χ0) is 17.3. The van der Waals surface area contributed by atoms with Crippen molar-refractivity contribution >= 4 is 11.5 Å². The number of hydrogen-bond donors (Lipinski definition) is 0. The lowest BCUT2D eigenvalue weighted by atomic mass is 9.70. The maximum Gasteiger partial charge on any atom is 0.309 e. The van der Waals surface area contributed by atoms with Gasteiger partial charge in [0.15, 0.2) is 0 Å². The Hall–Kier alpha value is -1.77. The quantitative estimate of drug-likeness (QED) is 0.709. The van der Waals surface area contributed by atoms with Crippen LogP contribution < -0.4 is 0 Å². The number of hydrogen-bond acceptors (Lipinski definition) is 3. The van der Waals surface area contributed by atoms with Crippen LogP contribution in [0.5, 0.6) is 0 Å². The van der Waals surface area contributed by atoms with E-state index in [4.69, 9.17) is 9.47 Å². The van der Waals surface area contributed by atoms with Crippen LogP contribution in [-0.2, 0) is 14.3 Å². The molecule has 1 aliphatic carbocycles. The molecule has 0 amide bonds. The summed E-state index contributed by atoms with van der Waals surface area (Å²) < 4.78 is 11.4. The fourth-order valence-corrected chi connectivity index (χ4v) is 3.86. The lowest BCUT2D eigenvalue weighted by Crippen LogP contribution is -2.27. The van der Waals surface area contributed by atoms with Crippen LogP contribution in [0.4, 0.5) is 0 Å². The summed E-state index contributed by atoms with van der Waals surface area (Å²) >= 11 is 0. The molecule has 1 aliphatic heterocycles. The van der Waals surface area contributed by atoms with Gasteiger partial charge in [0.05, 0.1) is 13.0 Å². The highest BCUT2D eigenvalue weighted by molar-refractivity contribution is 5.75. The highest BCUT2D eigenvalue weighted by atomic mass is 16.5. The fraction of sp³-hybridized carbons (Fsp3) is 0.571. The predicted octanol–water partition coefficient (Wildman–Crippen LogP) is 5.27. The normalized spacial score (nSPS) is 23.2. The zero-order valence-corrected chi connectivity index (χ0v) is 15.2. The van der Waals surface area contributed by atoms with E-state index in [1.807, 2.05) is 13.0 Å². The molecule has 3 nitrogen and oxygen atoms in total. The van der Waals surface area contributed by atoms with Crippen molar-refractivity contribution in [2.45, 2.75) is 59.5 Å². The Kier molecular flexibility index (Phi) is 4.71. The molecule has 0 N–H and O–H groups in total. The van der Waals surface area contributed by atoms with Crippen LogP contribution in [0.25, 0.3) is 5.57 Å². The maximum atomic E-state index is 11.9. The second kappa shape index (κ2) is 6.62. The lowest BCUT2D eigenvalue weighted by Gasteiger charge is -2.40. The minimum Gasteiger partial charge on any atom is -0.489 e.